The van der Waals surface area contributed by atoms with E-state index < -0.39 is 17.7 Å². The van der Waals surface area contributed by atoms with E-state index in [9.17, 15) is 14.0 Å². The third-order valence-electron chi connectivity index (χ3n) is 3.03. The molecular weight excluding hydrogens is 385 g/mol. The number of carbonyl (C=O) groups excluding carboxylic acids is 2. The average molecular weight is 400 g/mol. The molecule has 0 unspecified atom stereocenters. The maximum absolute atomic E-state index is 13.3. The van der Waals surface area contributed by atoms with Crippen molar-refractivity contribution in [1.29, 1.82) is 0 Å². The molecule has 0 atom stereocenters. The van der Waals surface area contributed by atoms with Crippen molar-refractivity contribution in [3.8, 4) is 0 Å². The van der Waals surface area contributed by atoms with Crippen molar-refractivity contribution < 1.29 is 18.7 Å². The van der Waals surface area contributed by atoms with Gasteiger partial charge in [-0.05, 0) is 53.5 Å². The lowest BCUT2D eigenvalue weighted by molar-refractivity contribution is 0.0528. The summed E-state index contributed by atoms with van der Waals surface area (Å²) in [5.41, 5.74) is 0.473. The van der Waals surface area contributed by atoms with Gasteiger partial charge in [-0.3, -0.25) is 4.79 Å². The molecule has 1 amide bonds. The first-order valence-corrected chi connectivity index (χ1v) is 8.63. The molecule has 0 saturated heterocycles. The van der Waals surface area contributed by atoms with Crippen LogP contribution in [-0.2, 0) is 11.2 Å². The summed E-state index contributed by atoms with van der Waals surface area (Å²) in [6.45, 7) is 3.92. The monoisotopic (exact) mass is 399 g/mol. The van der Waals surface area contributed by atoms with E-state index in [0.29, 0.717) is 15.0 Å². The highest BCUT2D eigenvalue weighted by Gasteiger charge is 2.20. The van der Waals surface area contributed by atoms with Gasteiger partial charge in [0, 0.05) is 9.35 Å². The number of ether oxygens (including phenoxy) is 1. The molecule has 0 fully saturated rings. The number of benzene rings is 1. The molecule has 0 radical (unpaired) electrons. The Labute approximate surface area is 145 Å². The maximum Gasteiger partial charge on any atom is 0.341 e. The minimum atomic E-state index is -0.510. The van der Waals surface area contributed by atoms with Crippen LogP contribution >= 0.6 is 27.3 Å². The standard InChI is InChI=1S/C16H15BrFNO3S/c1-3-10-8-12(16(21)22-4-2)15(23-10)19-14(20)11-7-9(18)5-6-13(11)17/h5-8H,3-4H2,1-2H3,(H,19,20). The van der Waals surface area contributed by atoms with Crippen molar-refractivity contribution in [3.05, 3.63) is 50.6 Å². The first-order chi connectivity index (χ1) is 11.0. The van der Waals surface area contributed by atoms with Crippen molar-refractivity contribution in [2.45, 2.75) is 20.3 Å². The van der Waals surface area contributed by atoms with Crippen molar-refractivity contribution in [3.63, 3.8) is 0 Å². The number of halogens is 2. The van der Waals surface area contributed by atoms with Crippen LogP contribution in [0.15, 0.2) is 28.7 Å². The fourth-order valence-corrected chi connectivity index (χ4v) is 3.32. The van der Waals surface area contributed by atoms with Gasteiger partial charge in [0.15, 0.2) is 0 Å². The number of rotatable bonds is 5. The molecule has 1 heterocycles. The number of hydrogen-bond acceptors (Lipinski definition) is 4. The second-order valence-corrected chi connectivity index (χ2v) is 6.60. The highest BCUT2D eigenvalue weighted by Crippen LogP contribution is 2.30. The molecule has 4 nitrogen and oxygen atoms in total. The molecular formula is C16H15BrFNO3S. The predicted octanol–water partition coefficient (Wildman–Crippen LogP) is 4.64. The van der Waals surface area contributed by atoms with Crippen LogP contribution in [0.3, 0.4) is 0 Å². The Bertz CT molecular complexity index is 745. The van der Waals surface area contributed by atoms with E-state index >= 15 is 0 Å². The van der Waals surface area contributed by atoms with E-state index in [-0.39, 0.29) is 12.2 Å². The largest absolute Gasteiger partial charge is 0.462 e. The zero-order valence-electron chi connectivity index (χ0n) is 12.6. The number of hydrogen-bond donors (Lipinski definition) is 1. The Hall–Kier alpha value is -1.73. The Balaban J connectivity index is 2.31. The van der Waals surface area contributed by atoms with Crippen molar-refractivity contribution in [1.82, 2.24) is 0 Å². The number of thiophene rings is 1. The number of amides is 1. The highest BCUT2D eigenvalue weighted by molar-refractivity contribution is 9.10. The lowest BCUT2D eigenvalue weighted by Gasteiger charge is -2.07. The summed E-state index contributed by atoms with van der Waals surface area (Å²) in [7, 11) is 0. The summed E-state index contributed by atoms with van der Waals surface area (Å²) in [6, 6.07) is 5.56. The van der Waals surface area contributed by atoms with Crippen molar-refractivity contribution >= 4 is 44.1 Å². The van der Waals surface area contributed by atoms with Crippen LogP contribution in [0.4, 0.5) is 9.39 Å². The van der Waals surface area contributed by atoms with Crippen LogP contribution in [0.5, 0.6) is 0 Å². The van der Waals surface area contributed by atoms with E-state index in [1.807, 2.05) is 6.92 Å². The Morgan fingerprint density at radius 3 is 2.65 bits per heavy atom. The molecule has 0 aliphatic rings. The summed E-state index contributed by atoms with van der Waals surface area (Å²) < 4.78 is 18.8. The normalized spacial score (nSPS) is 10.4. The van der Waals surface area contributed by atoms with Gasteiger partial charge in [-0.1, -0.05) is 6.92 Å². The molecule has 0 aliphatic carbocycles. The van der Waals surface area contributed by atoms with Crippen LogP contribution in [0.25, 0.3) is 0 Å². The first kappa shape index (κ1) is 17.6. The summed E-state index contributed by atoms with van der Waals surface area (Å²) in [5.74, 6) is -1.49. The molecule has 0 spiro atoms. The third-order valence-corrected chi connectivity index (χ3v) is 4.91. The van der Waals surface area contributed by atoms with Gasteiger partial charge in [-0.15, -0.1) is 11.3 Å². The topological polar surface area (TPSA) is 55.4 Å². The molecule has 122 valence electrons. The summed E-state index contributed by atoms with van der Waals surface area (Å²) in [4.78, 5) is 25.3. The highest BCUT2D eigenvalue weighted by atomic mass is 79.9. The summed E-state index contributed by atoms with van der Waals surface area (Å²) in [5, 5.41) is 3.08. The summed E-state index contributed by atoms with van der Waals surface area (Å²) in [6.07, 6.45) is 0.733. The van der Waals surface area contributed by atoms with Gasteiger partial charge in [-0.25, -0.2) is 9.18 Å². The molecule has 7 heteroatoms. The lowest BCUT2D eigenvalue weighted by atomic mass is 10.2. The zero-order chi connectivity index (χ0) is 17.0. The number of esters is 1. The van der Waals surface area contributed by atoms with Gasteiger partial charge in [0.2, 0.25) is 0 Å². The molecule has 23 heavy (non-hydrogen) atoms. The van der Waals surface area contributed by atoms with Gasteiger partial charge in [0.05, 0.1) is 17.7 Å². The Morgan fingerprint density at radius 1 is 1.26 bits per heavy atom. The van der Waals surface area contributed by atoms with E-state index in [1.165, 1.54) is 23.5 Å². The van der Waals surface area contributed by atoms with Crippen LogP contribution in [0, 0.1) is 5.82 Å². The Morgan fingerprint density at radius 2 is 2.00 bits per heavy atom. The number of carbonyl (C=O) groups is 2. The second kappa shape index (κ2) is 7.70. The average Bonchev–Trinajstić information content (AvgIpc) is 2.93. The molecule has 1 aromatic carbocycles. The lowest BCUT2D eigenvalue weighted by Crippen LogP contribution is -2.15. The van der Waals surface area contributed by atoms with Gasteiger partial charge in [0.1, 0.15) is 10.8 Å². The van der Waals surface area contributed by atoms with Gasteiger partial charge in [0.25, 0.3) is 5.91 Å². The molecule has 0 saturated carbocycles. The quantitative estimate of drug-likeness (QED) is 0.744. The molecule has 0 aliphatic heterocycles. The van der Waals surface area contributed by atoms with Crippen LogP contribution in [-0.4, -0.2) is 18.5 Å². The maximum atomic E-state index is 13.3. The minimum absolute atomic E-state index is 0.159. The van der Waals surface area contributed by atoms with Gasteiger partial charge < -0.3 is 10.1 Å². The third kappa shape index (κ3) is 4.17. The molecule has 2 rings (SSSR count). The van der Waals surface area contributed by atoms with Crippen LogP contribution in [0.2, 0.25) is 0 Å². The van der Waals surface area contributed by atoms with Gasteiger partial charge in [-0.2, -0.15) is 0 Å². The molecule has 0 bridgehead atoms. The molecule has 1 aromatic heterocycles. The number of nitrogens with one attached hydrogen (secondary N) is 1. The van der Waals surface area contributed by atoms with Crippen LogP contribution in [0.1, 0.15) is 39.4 Å². The minimum Gasteiger partial charge on any atom is -0.462 e. The Kier molecular flexibility index (Phi) is 5.90. The van der Waals surface area contributed by atoms with E-state index in [1.54, 1.807) is 13.0 Å². The van der Waals surface area contributed by atoms with E-state index in [2.05, 4.69) is 21.2 Å². The van der Waals surface area contributed by atoms with Crippen molar-refractivity contribution in [2.75, 3.05) is 11.9 Å². The summed E-state index contributed by atoms with van der Waals surface area (Å²) >= 11 is 4.52. The first-order valence-electron chi connectivity index (χ1n) is 7.02. The van der Waals surface area contributed by atoms with Crippen molar-refractivity contribution in [2.24, 2.45) is 0 Å². The fourth-order valence-electron chi connectivity index (χ4n) is 1.91. The SMILES string of the molecule is CCOC(=O)c1cc(CC)sc1NC(=O)c1cc(F)ccc1Br. The van der Waals surface area contributed by atoms with Gasteiger partial charge >= 0.3 is 5.97 Å². The zero-order valence-corrected chi connectivity index (χ0v) is 15.0. The number of aryl methyl sites for hydroxylation is 1. The van der Waals surface area contributed by atoms with E-state index in [0.717, 1.165) is 17.4 Å². The predicted molar refractivity (Wildman–Crippen MR) is 91.7 cm³/mol. The van der Waals surface area contributed by atoms with Crippen LogP contribution < -0.4 is 5.32 Å². The second-order valence-electron chi connectivity index (χ2n) is 4.61. The van der Waals surface area contributed by atoms with E-state index in [4.69, 9.17) is 4.74 Å². The molecule has 1 N–H and O–H groups in total. The molecule has 2 aromatic rings. The fraction of sp³-hybridized carbons (Fsp3) is 0.250. The number of anilines is 1. The smallest absolute Gasteiger partial charge is 0.341 e.